The average molecular weight is 1100 g/mol. The summed E-state index contributed by atoms with van der Waals surface area (Å²) in [6.07, 6.45) is -8.74. The summed E-state index contributed by atoms with van der Waals surface area (Å²) in [6.45, 7) is 4.30. The summed E-state index contributed by atoms with van der Waals surface area (Å²) in [6, 6.07) is 1.20. The van der Waals surface area contributed by atoms with Crippen LogP contribution in [0.4, 0.5) is 26.3 Å². The van der Waals surface area contributed by atoms with Crippen LogP contribution in [0.2, 0.25) is 0 Å². The number of carbonyl (C=O) groups excluding carboxylic acids is 4. The van der Waals surface area contributed by atoms with Crippen molar-refractivity contribution in [2.45, 2.75) is 75.9 Å². The third-order valence-electron chi connectivity index (χ3n) is 7.36. The third kappa shape index (κ3) is 20.2. The molecular formula is C32H42F6HgN6O17. The number of halogens is 6. The minimum Gasteiger partial charge on any atom is -0.412 e. The second-order valence-corrected chi connectivity index (χ2v) is 15.2. The molecule has 4 rings (SSSR count). The molecule has 2 saturated heterocycles. The molecule has 62 heavy (non-hydrogen) atoms. The zero-order valence-electron chi connectivity index (χ0n) is 32.4. The molecule has 10 N–H and O–H groups in total. The van der Waals surface area contributed by atoms with Gasteiger partial charge in [-0.2, -0.15) is 26.3 Å². The Labute approximate surface area is 357 Å². The smallest absolute Gasteiger partial charge is 0.412 e. The summed E-state index contributed by atoms with van der Waals surface area (Å²) in [5.74, 6) is -4.78. The van der Waals surface area contributed by atoms with Gasteiger partial charge in [0, 0.05) is 44.4 Å². The fraction of sp³-hybridized carbons (Fsp3) is 0.500. The Bertz CT molecular complexity index is 2040. The zero-order chi connectivity index (χ0) is 46.7. The number of aromatic nitrogens is 4. The number of nitrogens with zero attached hydrogens (tertiary/aromatic N) is 2. The van der Waals surface area contributed by atoms with Crippen LogP contribution in [-0.4, -0.2) is 132 Å². The first kappa shape index (κ1) is 57.0. The fourth-order valence-electron chi connectivity index (χ4n) is 4.49. The van der Waals surface area contributed by atoms with Crippen LogP contribution in [0.25, 0.3) is 6.08 Å². The van der Waals surface area contributed by atoms with Crippen molar-refractivity contribution in [2.75, 3.05) is 26.3 Å². The number of nitrogens with one attached hydrogen (secondary N) is 4. The minimum absolute atomic E-state index is 0. The number of amides is 2. The molecule has 30 heteroatoms. The van der Waals surface area contributed by atoms with E-state index in [0.717, 1.165) is 22.9 Å². The fourth-order valence-corrected chi connectivity index (χ4v) is 6.01. The van der Waals surface area contributed by atoms with Gasteiger partial charge in [0.05, 0.1) is 31.0 Å². The first-order valence-corrected chi connectivity index (χ1v) is 21.6. The van der Waals surface area contributed by atoms with Gasteiger partial charge in [0.25, 0.3) is 11.1 Å². The van der Waals surface area contributed by atoms with Gasteiger partial charge in [0.1, 0.15) is 24.7 Å². The Morgan fingerprint density at radius 2 is 1.29 bits per heavy atom. The maximum Gasteiger partial charge on any atom is 0.471 e. The van der Waals surface area contributed by atoms with Crippen LogP contribution in [0.15, 0.2) is 56.4 Å². The van der Waals surface area contributed by atoms with Gasteiger partial charge in [-0.3, -0.25) is 38.3 Å². The van der Waals surface area contributed by atoms with E-state index in [9.17, 15) is 74.9 Å². The molecule has 0 spiro atoms. The van der Waals surface area contributed by atoms with Gasteiger partial charge in [-0.25, -0.2) is 9.59 Å². The van der Waals surface area contributed by atoms with Crippen LogP contribution in [0, 0.1) is 0 Å². The largest absolute Gasteiger partial charge is 0.471 e. The molecule has 2 amide bonds. The average Bonchev–Trinajstić information content (AvgIpc) is 3.73. The Balaban J connectivity index is 0.000000881. The summed E-state index contributed by atoms with van der Waals surface area (Å²) in [5.41, 5.74) is -2.76. The van der Waals surface area contributed by atoms with Crippen molar-refractivity contribution in [3.05, 3.63) is 84.4 Å². The van der Waals surface area contributed by atoms with Crippen molar-refractivity contribution in [1.82, 2.24) is 29.7 Å². The van der Waals surface area contributed by atoms with Crippen LogP contribution in [-0.2, 0) is 59.4 Å². The quantitative estimate of drug-likeness (QED) is 0.0636. The molecule has 0 bridgehead atoms. The van der Waals surface area contributed by atoms with E-state index in [1.54, 1.807) is 10.6 Å². The molecule has 0 aromatic carbocycles. The van der Waals surface area contributed by atoms with Gasteiger partial charge in [-0.15, -0.1) is 6.58 Å². The predicted octanol–water partition coefficient (Wildman–Crippen LogP) is -2.90. The van der Waals surface area contributed by atoms with Gasteiger partial charge in [0.15, 0.2) is 0 Å². The Morgan fingerprint density at radius 3 is 1.69 bits per heavy atom. The first-order chi connectivity index (χ1) is 28.3. The van der Waals surface area contributed by atoms with Crippen molar-refractivity contribution in [3.63, 3.8) is 0 Å². The number of carbonyl (C=O) groups is 4. The van der Waals surface area contributed by atoms with Crippen molar-refractivity contribution >= 4 is 29.8 Å². The molecular weight excluding hydrogens is 1050 g/mol. The number of rotatable bonds is 11. The SMILES string of the molecule is C=CCNC(=O)C(F)(F)F.CC(=O)[O][Hg][O]C(C)=O.O.O=C(NC/C=C/c1cn(C2CC(O)C(CO)O2)c(=O)[nH]c1=O)C(F)(F)F.O=c1ccn(C2CC(O)C(CO)O2)c(=O)[nH]1. The molecule has 346 valence electrons. The molecule has 0 aliphatic carbocycles. The molecule has 6 unspecified atom stereocenters. The molecule has 2 aromatic heterocycles. The topological polar surface area (TPSA) is 351 Å². The molecule has 0 saturated carbocycles. The van der Waals surface area contributed by atoms with E-state index >= 15 is 0 Å². The van der Waals surface area contributed by atoms with Crippen LogP contribution in [0.1, 0.15) is 44.7 Å². The van der Waals surface area contributed by atoms with Crippen LogP contribution < -0.4 is 33.1 Å². The molecule has 6 atom stereocenters. The second kappa shape index (κ2) is 27.1. The van der Waals surface area contributed by atoms with Gasteiger partial charge >= 0.3 is 102 Å². The standard InChI is InChI=1S/C14H16F3N3O6.C9H12N2O5.C5H6F3NO.2C2H4O2.Hg.H2O/c15-14(16,17)12(24)18-3-1-2-7-5-20(13(25)19-11(7)23)10-4-8(22)9(6-21)26-10;12-4-6-5(13)3-8(16-6)11-2-1-7(14)10-9(11)15;1-2-3-9-4(10)5(6,7)8;2*1-2(3)4;;/h1-2,5,8-10,21-22H,3-4,6H2,(H,18,24)(H,19,23,25);1-2,5-6,8,12-13H,3-4H2,(H,10,14,15);2H,1,3H2,(H,9,10);2*1H3,(H,3,4);;1H2/q;;;;;+2;/p-2/b2-1+;;;;;;. The summed E-state index contributed by atoms with van der Waals surface area (Å²) < 4.78 is 91.9. The summed E-state index contributed by atoms with van der Waals surface area (Å²) >= 11 is -2.04. The number of hydrogen-bond donors (Lipinski definition) is 8. The molecule has 0 radical (unpaired) electrons. The molecule has 2 fully saturated rings. The van der Waals surface area contributed by atoms with E-state index in [1.807, 2.05) is 4.98 Å². The Hall–Kier alpha value is -5.04. The second-order valence-electron chi connectivity index (χ2n) is 12.0. The summed E-state index contributed by atoms with van der Waals surface area (Å²) in [7, 11) is 0. The van der Waals surface area contributed by atoms with Gasteiger partial charge in [0.2, 0.25) is 0 Å². The normalized spacial score (nSPS) is 20.3. The Morgan fingerprint density at radius 1 is 0.839 bits per heavy atom. The van der Waals surface area contributed by atoms with E-state index < -0.39 is 122 Å². The van der Waals surface area contributed by atoms with Crippen molar-refractivity contribution < 1.29 is 112 Å². The van der Waals surface area contributed by atoms with E-state index in [4.69, 9.17) is 19.7 Å². The summed E-state index contributed by atoms with van der Waals surface area (Å²) in [4.78, 5) is 90.7. The van der Waals surface area contributed by atoms with Crippen molar-refractivity contribution in [3.8, 4) is 0 Å². The number of ether oxygens (including phenoxy) is 2. The minimum atomic E-state index is -5.01. The number of aromatic amines is 2. The van der Waals surface area contributed by atoms with E-state index in [2.05, 4.69) is 16.9 Å². The van der Waals surface area contributed by atoms with Crippen molar-refractivity contribution in [1.29, 1.82) is 0 Å². The number of aliphatic hydroxyl groups is 4. The zero-order valence-corrected chi connectivity index (χ0v) is 37.9. The molecule has 2 aliphatic rings. The number of aliphatic hydroxyl groups excluding tert-OH is 4. The maximum atomic E-state index is 12.0. The van der Waals surface area contributed by atoms with Gasteiger partial charge < -0.3 is 46.0 Å². The molecule has 23 nitrogen and oxygen atoms in total. The first-order valence-electron chi connectivity index (χ1n) is 17.2. The van der Waals surface area contributed by atoms with E-state index in [-0.39, 0.29) is 49.0 Å². The molecule has 4 heterocycles. The molecule has 2 aliphatic heterocycles. The monoisotopic (exact) mass is 1100 g/mol. The van der Waals surface area contributed by atoms with Gasteiger partial charge in [-0.1, -0.05) is 18.2 Å². The number of hydrogen-bond acceptors (Lipinski definition) is 16. The van der Waals surface area contributed by atoms with Gasteiger partial charge in [-0.05, 0) is 0 Å². The molecule has 2 aromatic rings. The summed E-state index contributed by atoms with van der Waals surface area (Å²) in [5, 5.41) is 40.3. The number of alkyl halides is 6. The van der Waals surface area contributed by atoms with Crippen LogP contribution in [0.5, 0.6) is 0 Å². The van der Waals surface area contributed by atoms with E-state index in [0.29, 0.717) is 0 Å². The van der Waals surface area contributed by atoms with E-state index in [1.165, 1.54) is 36.8 Å². The predicted molar refractivity (Wildman–Crippen MR) is 190 cm³/mol. The third-order valence-corrected chi connectivity index (χ3v) is 11.4. The Kier molecular flexibility index (Phi) is 24.9. The maximum absolute atomic E-state index is 12.0. The van der Waals surface area contributed by atoms with Crippen molar-refractivity contribution in [2.24, 2.45) is 0 Å². The van der Waals surface area contributed by atoms with Crippen LogP contribution in [0.3, 0.4) is 0 Å². The number of H-pyrrole nitrogens is 2. The van der Waals surface area contributed by atoms with Crippen LogP contribution >= 0.6 is 0 Å².